The van der Waals surface area contributed by atoms with Crippen molar-refractivity contribution in [2.75, 3.05) is 33.3 Å². The molecule has 0 saturated carbocycles. The van der Waals surface area contributed by atoms with E-state index in [1.807, 2.05) is 37.3 Å². The topological polar surface area (TPSA) is 117 Å². The van der Waals surface area contributed by atoms with Crippen LogP contribution >= 0.6 is 15.9 Å². The van der Waals surface area contributed by atoms with Gasteiger partial charge in [0.2, 0.25) is 17.7 Å². The second kappa shape index (κ2) is 17.1. The smallest absolute Gasteiger partial charge is 0.313 e. The highest BCUT2D eigenvalue weighted by molar-refractivity contribution is 9.09. The molecular formula is C37H52BrN3O7. The minimum atomic E-state index is -1.22. The lowest BCUT2D eigenvalue weighted by atomic mass is 9.70. The number of benzene rings is 1. The molecule has 1 unspecified atom stereocenters. The third-order valence-electron chi connectivity index (χ3n) is 10.2. The summed E-state index contributed by atoms with van der Waals surface area (Å²) in [5.41, 5.74) is -0.495. The van der Waals surface area contributed by atoms with Crippen LogP contribution in [0.5, 0.6) is 0 Å². The molecule has 264 valence electrons. The van der Waals surface area contributed by atoms with Gasteiger partial charge in [0.05, 0.1) is 24.0 Å². The van der Waals surface area contributed by atoms with Gasteiger partial charge in [0, 0.05) is 44.5 Å². The van der Waals surface area contributed by atoms with Crippen LogP contribution in [0.15, 0.2) is 55.6 Å². The van der Waals surface area contributed by atoms with Gasteiger partial charge >= 0.3 is 5.97 Å². The number of halogens is 1. The summed E-state index contributed by atoms with van der Waals surface area (Å²) in [5.74, 6) is -3.07. The van der Waals surface area contributed by atoms with Crippen molar-refractivity contribution in [3.8, 4) is 0 Å². The fourth-order valence-electron chi connectivity index (χ4n) is 7.61. The molecule has 1 aromatic rings. The first-order valence-electron chi connectivity index (χ1n) is 17.3. The van der Waals surface area contributed by atoms with Gasteiger partial charge in [-0.15, -0.1) is 13.2 Å². The molecular weight excluding hydrogens is 678 g/mol. The minimum Gasteiger partial charge on any atom is -0.455 e. The summed E-state index contributed by atoms with van der Waals surface area (Å²) in [6, 6.07) is 7.84. The van der Waals surface area contributed by atoms with Crippen molar-refractivity contribution >= 4 is 39.6 Å². The molecule has 8 atom stereocenters. The van der Waals surface area contributed by atoms with Crippen LogP contribution in [-0.4, -0.2) is 105 Å². The third kappa shape index (κ3) is 7.58. The molecule has 3 amide bonds. The Balaban J connectivity index is 1.69. The number of ether oxygens (including phenoxy) is 2. The van der Waals surface area contributed by atoms with E-state index in [2.05, 4.69) is 36.0 Å². The molecule has 10 nitrogen and oxygen atoms in total. The number of amides is 3. The first-order valence-corrected chi connectivity index (χ1v) is 18.2. The summed E-state index contributed by atoms with van der Waals surface area (Å²) in [5, 5.41) is 9.50. The molecule has 0 aromatic heterocycles. The summed E-state index contributed by atoms with van der Waals surface area (Å²) in [6.07, 6.45) is 6.86. The molecule has 1 aromatic carbocycles. The van der Waals surface area contributed by atoms with Crippen molar-refractivity contribution in [1.29, 1.82) is 0 Å². The first kappa shape index (κ1) is 37.8. The van der Waals surface area contributed by atoms with Crippen LogP contribution in [0, 0.1) is 11.8 Å². The fraction of sp³-hybridized carbons (Fsp3) is 0.622. The zero-order valence-electron chi connectivity index (χ0n) is 28.6. The molecule has 3 aliphatic heterocycles. The number of aliphatic hydroxyl groups excluding tert-OH is 1. The summed E-state index contributed by atoms with van der Waals surface area (Å²) in [4.78, 5) is 61.0. The van der Waals surface area contributed by atoms with Gasteiger partial charge in [-0.1, -0.05) is 78.2 Å². The van der Waals surface area contributed by atoms with Gasteiger partial charge in [0.1, 0.15) is 17.7 Å². The summed E-state index contributed by atoms with van der Waals surface area (Å²) >= 11 is 3.74. The maximum atomic E-state index is 14.5. The van der Waals surface area contributed by atoms with Crippen molar-refractivity contribution in [1.82, 2.24) is 14.7 Å². The molecule has 2 bridgehead atoms. The molecule has 1 N–H and O–H groups in total. The Bertz CT molecular complexity index is 1310. The quantitative estimate of drug-likeness (QED) is 0.0941. The maximum Gasteiger partial charge on any atom is 0.313 e. The van der Waals surface area contributed by atoms with Gasteiger partial charge in [-0.2, -0.15) is 0 Å². The lowest BCUT2D eigenvalue weighted by Gasteiger charge is -2.37. The number of hydrogen-bond acceptors (Lipinski definition) is 7. The molecule has 0 radical (unpaired) electrons. The SMILES string of the molecule is C=CCCC(=O)N(C)[C@H](C)[C@H](OC(=O)[C@@H]1[C@H]2O[C@@]3(CC2Br)[C@H](C(=O)N(CC=C)CCCCC)N(CCCCO)C(=O)[C@@H]13)c1ccccc1. The Morgan fingerprint density at radius 3 is 2.54 bits per heavy atom. The predicted octanol–water partition coefficient (Wildman–Crippen LogP) is 4.81. The van der Waals surface area contributed by atoms with Gasteiger partial charge in [0.25, 0.3) is 0 Å². The number of unbranched alkanes of at least 4 members (excludes halogenated alkanes) is 3. The summed E-state index contributed by atoms with van der Waals surface area (Å²) in [6.45, 7) is 12.6. The Morgan fingerprint density at radius 1 is 1.17 bits per heavy atom. The van der Waals surface area contributed by atoms with E-state index in [4.69, 9.17) is 9.47 Å². The monoisotopic (exact) mass is 729 g/mol. The molecule has 3 heterocycles. The number of fused-ring (bicyclic) bond motifs is 1. The molecule has 11 heteroatoms. The van der Waals surface area contributed by atoms with E-state index in [9.17, 15) is 24.3 Å². The highest BCUT2D eigenvalue weighted by Gasteiger charge is 2.77. The number of carbonyl (C=O) groups excluding carboxylic acids is 4. The average Bonchev–Trinajstić information content (AvgIpc) is 3.68. The van der Waals surface area contributed by atoms with Crippen LogP contribution in [0.3, 0.4) is 0 Å². The van der Waals surface area contributed by atoms with Crippen LogP contribution < -0.4 is 0 Å². The largest absolute Gasteiger partial charge is 0.455 e. The molecule has 3 aliphatic rings. The standard InChI is InChI=1S/C37H52BrN3O7/c1-6-9-14-21-40(20-8-3)35(45)33-37-24-27(38)32(48-37)29(30(37)34(44)41(33)22-15-16-23-42)36(46)47-31(26-17-12-11-13-18-26)25(4)39(5)28(43)19-10-7-2/h7-8,11-13,17-18,25,27,29-33,42H,2-3,6,9-10,14-16,19-24H2,1,4-5H3/t25-,27?,29+,30-,31+,32+,33+,37-/m1/s1. The van der Waals surface area contributed by atoms with Crippen LogP contribution in [0.1, 0.15) is 76.9 Å². The molecule has 3 fully saturated rings. The number of rotatable bonds is 19. The lowest BCUT2D eigenvalue weighted by molar-refractivity contribution is -0.164. The molecule has 1 spiro atoms. The van der Waals surface area contributed by atoms with Crippen molar-refractivity contribution in [2.45, 2.75) is 99.9 Å². The van der Waals surface area contributed by atoms with E-state index >= 15 is 0 Å². The van der Waals surface area contributed by atoms with Gasteiger partial charge in [0.15, 0.2) is 0 Å². The van der Waals surface area contributed by atoms with E-state index in [0.717, 1.165) is 24.8 Å². The molecule has 4 rings (SSSR count). The Hall–Kier alpha value is -3.02. The van der Waals surface area contributed by atoms with Crippen LogP contribution in [0.2, 0.25) is 0 Å². The summed E-state index contributed by atoms with van der Waals surface area (Å²) in [7, 11) is 1.69. The molecule has 3 saturated heterocycles. The normalized spacial score (nSPS) is 26.9. The second-order valence-electron chi connectivity index (χ2n) is 13.2. The number of aliphatic hydroxyl groups is 1. The van der Waals surface area contributed by atoms with E-state index in [0.29, 0.717) is 38.8 Å². The number of allylic oxidation sites excluding steroid dienone is 1. The fourth-order valence-corrected chi connectivity index (χ4v) is 8.55. The van der Waals surface area contributed by atoms with Crippen molar-refractivity contribution < 1.29 is 33.8 Å². The van der Waals surface area contributed by atoms with Gasteiger partial charge < -0.3 is 29.3 Å². The number of likely N-dealkylation sites (N-methyl/N-ethyl adjacent to an activating group) is 1. The summed E-state index contributed by atoms with van der Waals surface area (Å²) < 4.78 is 13.0. The van der Waals surface area contributed by atoms with Gasteiger partial charge in [-0.3, -0.25) is 19.2 Å². The van der Waals surface area contributed by atoms with Gasteiger partial charge in [-0.25, -0.2) is 0 Å². The van der Waals surface area contributed by atoms with E-state index in [-0.39, 0.29) is 42.1 Å². The zero-order chi connectivity index (χ0) is 35.0. The first-order chi connectivity index (χ1) is 23.1. The Morgan fingerprint density at radius 2 is 1.90 bits per heavy atom. The third-order valence-corrected chi connectivity index (χ3v) is 11.0. The number of likely N-dealkylation sites (tertiary alicyclic amines) is 1. The van der Waals surface area contributed by atoms with E-state index in [1.54, 1.807) is 33.9 Å². The Labute approximate surface area is 293 Å². The van der Waals surface area contributed by atoms with Crippen molar-refractivity contribution in [2.24, 2.45) is 11.8 Å². The van der Waals surface area contributed by atoms with Crippen molar-refractivity contribution in [3.63, 3.8) is 0 Å². The highest BCUT2D eigenvalue weighted by atomic mass is 79.9. The van der Waals surface area contributed by atoms with Crippen molar-refractivity contribution in [3.05, 3.63) is 61.2 Å². The van der Waals surface area contributed by atoms with Crippen LogP contribution in [-0.2, 0) is 28.7 Å². The lowest BCUT2D eigenvalue weighted by Crippen LogP contribution is -2.57. The number of esters is 1. The number of nitrogens with zero attached hydrogens (tertiary/aromatic N) is 3. The average molecular weight is 731 g/mol. The van der Waals surface area contributed by atoms with E-state index in [1.165, 1.54) is 0 Å². The van der Waals surface area contributed by atoms with Crippen LogP contribution in [0.4, 0.5) is 0 Å². The second-order valence-corrected chi connectivity index (χ2v) is 14.4. The zero-order valence-corrected chi connectivity index (χ0v) is 30.2. The molecule has 0 aliphatic carbocycles. The van der Waals surface area contributed by atoms with E-state index < -0.39 is 47.7 Å². The number of alkyl halides is 1. The predicted molar refractivity (Wildman–Crippen MR) is 187 cm³/mol. The van der Waals surface area contributed by atoms with Crippen LogP contribution in [0.25, 0.3) is 0 Å². The number of hydrogen-bond donors (Lipinski definition) is 1. The minimum absolute atomic E-state index is 0.0323. The molecule has 48 heavy (non-hydrogen) atoms. The number of carbonyl (C=O) groups is 4. The highest BCUT2D eigenvalue weighted by Crippen LogP contribution is 2.60. The Kier molecular flexibility index (Phi) is 13.4. The maximum absolute atomic E-state index is 14.5. The van der Waals surface area contributed by atoms with Gasteiger partial charge in [-0.05, 0) is 44.6 Å².